The highest BCUT2D eigenvalue weighted by molar-refractivity contribution is 6.01. The summed E-state index contributed by atoms with van der Waals surface area (Å²) < 4.78 is 5.47. The van der Waals surface area contributed by atoms with E-state index in [0.29, 0.717) is 30.9 Å². The molecule has 1 aromatic carbocycles. The number of piperidine rings is 1. The second-order valence-corrected chi connectivity index (χ2v) is 6.69. The normalized spacial score (nSPS) is 22.8. The zero-order valence-electron chi connectivity index (χ0n) is 14.0. The lowest BCUT2D eigenvalue weighted by molar-refractivity contribution is -0.00504. The molecule has 25 heavy (non-hydrogen) atoms. The van der Waals surface area contributed by atoms with Gasteiger partial charge in [-0.05, 0) is 19.8 Å². The van der Waals surface area contributed by atoms with E-state index < -0.39 is 11.7 Å². The maximum Gasteiger partial charge on any atom is 0.407 e. The highest BCUT2D eigenvalue weighted by Crippen LogP contribution is 2.31. The van der Waals surface area contributed by atoms with Crippen LogP contribution >= 0.6 is 0 Å². The van der Waals surface area contributed by atoms with E-state index in [4.69, 9.17) is 4.74 Å². The van der Waals surface area contributed by atoms with E-state index in [1.165, 1.54) is 0 Å². The third-order valence-corrected chi connectivity index (χ3v) is 4.90. The predicted octanol–water partition coefficient (Wildman–Crippen LogP) is 2.10. The monoisotopic (exact) mass is 340 g/mol. The van der Waals surface area contributed by atoms with Crippen LogP contribution in [0.1, 0.15) is 28.9 Å². The van der Waals surface area contributed by atoms with Gasteiger partial charge in [-0.2, -0.15) is 5.10 Å². The largest absolute Gasteiger partial charge is 0.439 e. The van der Waals surface area contributed by atoms with Crippen molar-refractivity contribution in [2.75, 3.05) is 19.6 Å². The van der Waals surface area contributed by atoms with Gasteiger partial charge in [0.05, 0.1) is 18.7 Å². The first kappa shape index (κ1) is 15.7. The van der Waals surface area contributed by atoms with Crippen LogP contribution in [0.25, 0.3) is 11.3 Å². The summed E-state index contributed by atoms with van der Waals surface area (Å²) >= 11 is 0. The minimum atomic E-state index is -0.602. The number of H-pyrrole nitrogens is 1. The van der Waals surface area contributed by atoms with Crippen molar-refractivity contribution in [3.05, 3.63) is 41.6 Å². The number of aromatic nitrogens is 2. The number of aromatic amines is 1. The van der Waals surface area contributed by atoms with Crippen molar-refractivity contribution in [3.63, 3.8) is 0 Å². The van der Waals surface area contributed by atoms with Crippen molar-refractivity contribution in [2.45, 2.75) is 25.4 Å². The van der Waals surface area contributed by atoms with E-state index in [1.807, 2.05) is 37.3 Å². The first-order valence-corrected chi connectivity index (χ1v) is 8.44. The Morgan fingerprint density at radius 3 is 2.84 bits per heavy atom. The number of alkyl carbamates (subject to hydrolysis) is 1. The fraction of sp³-hybridized carbons (Fsp3) is 0.389. The summed E-state index contributed by atoms with van der Waals surface area (Å²) in [5.41, 5.74) is 2.28. The van der Waals surface area contributed by atoms with Crippen molar-refractivity contribution in [3.8, 4) is 11.3 Å². The Morgan fingerprint density at radius 2 is 2.12 bits per heavy atom. The SMILES string of the molecule is Cc1[nH]nc(-c2ccccc2)c1C(=O)N1CCCC2(CNC(=O)O2)C1. The molecule has 2 aliphatic heterocycles. The summed E-state index contributed by atoms with van der Waals surface area (Å²) in [6, 6.07) is 9.65. The molecule has 2 N–H and O–H groups in total. The van der Waals surface area contributed by atoms with Crippen LogP contribution in [-0.2, 0) is 4.74 Å². The molecule has 3 heterocycles. The lowest BCUT2D eigenvalue weighted by atomic mass is 9.92. The molecule has 2 saturated heterocycles. The fourth-order valence-electron chi connectivity index (χ4n) is 3.65. The number of likely N-dealkylation sites (tertiary alicyclic amines) is 1. The van der Waals surface area contributed by atoms with Gasteiger partial charge in [-0.25, -0.2) is 4.79 Å². The number of nitrogens with one attached hydrogen (secondary N) is 2. The van der Waals surface area contributed by atoms with Gasteiger partial charge >= 0.3 is 6.09 Å². The number of benzene rings is 1. The molecule has 1 unspecified atom stereocenters. The Balaban J connectivity index is 1.63. The Labute approximate surface area is 145 Å². The molecule has 7 heteroatoms. The summed E-state index contributed by atoms with van der Waals surface area (Å²) in [6.07, 6.45) is 1.17. The number of carbonyl (C=O) groups excluding carboxylic acids is 2. The minimum absolute atomic E-state index is 0.0767. The van der Waals surface area contributed by atoms with Gasteiger partial charge < -0.3 is 15.0 Å². The maximum atomic E-state index is 13.2. The van der Waals surface area contributed by atoms with E-state index in [0.717, 1.165) is 24.1 Å². The molecular weight excluding hydrogens is 320 g/mol. The van der Waals surface area contributed by atoms with Crippen molar-refractivity contribution in [1.82, 2.24) is 20.4 Å². The van der Waals surface area contributed by atoms with Crippen molar-refractivity contribution in [2.24, 2.45) is 0 Å². The standard InChI is InChI=1S/C18H20N4O3/c1-12-14(15(21-20-12)13-6-3-2-4-7-13)16(23)22-9-5-8-18(11-22)10-19-17(24)25-18/h2-4,6-7H,5,8-11H2,1H3,(H,19,24)(H,20,21). The van der Waals surface area contributed by atoms with E-state index >= 15 is 0 Å². The van der Waals surface area contributed by atoms with Crippen LogP contribution in [0.5, 0.6) is 0 Å². The van der Waals surface area contributed by atoms with Gasteiger partial charge in [0.2, 0.25) is 0 Å². The molecule has 0 aliphatic carbocycles. The average molecular weight is 340 g/mol. The third-order valence-electron chi connectivity index (χ3n) is 4.90. The highest BCUT2D eigenvalue weighted by atomic mass is 16.6. The molecule has 0 bridgehead atoms. The molecule has 1 aromatic heterocycles. The second kappa shape index (κ2) is 5.91. The molecule has 2 fully saturated rings. The lowest BCUT2D eigenvalue weighted by Crippen LogP contribution is -2.52. The van der Waals surface area contributed by atoms with Crippen LogP contribution in [0, 0.1) is 6.92 Å². The summed E-state index contributed by atoms with van der Waals surface area (Å²) in [5.74, 6) is -0.0767. The number of rotatable bonds is 2. The molecule has 7 nitrogen and oxygen atoms in total. The van der Waals surface area contributed by atoms with E-state index in [-0.39, 0.29) is 5.91 Å². The van der Waals surface area contributed by atoms with E-state index in [1.54, 1.807) is 4.90 Å². The highest BCUT2D eigenvalue weighted by Gasteiger charge is 2.45. The molecule has 1 spiro atoms. The molecular formula is C18H20N4O3. The molecule has 1 atom stereocenters. The van der Waals surface area contributed by atoms with Gasteiger partial charge in [0.1, 0.15) is 11.3 Å². The number of amides is 2. The molecule has 0 radical (unpaired) electrons. The molecule has 2 amide bonds. The number of carbonyl (C=O) groups is 2. The Bertz CT molecular complexity index is 817. The van der Waals surface area contributed by atoms with Gasteiger partial charge in [-0.3, -0.25) is 9.89 Å². The number of hydrogen-bond acceptors (Lipinski definition) is 4. The Kier molecular flexibility index (Phi) is 3.71. The zero-order chi connectivity index (χ0) is 17.4. The van der Waals surface area contributed by atoms with Gasteiger partial charge in [-0.1, -0.05) is 30.3 Å². The second-order valence-electron chi connectivity index (χ2n) is 6.69. The van der Waals surface area contributed by atoms with Crippen LogP contribution < -0.4 is 5.32 Å². The van der Waals surface area contributed by atoms with Crippen LogP contribution in [0.15, 0.2) is 30.3 Å². The number of nitrogens with zero attached hydrogens (tertiary/aromatic N) is 2. The number of ether oxygens (including phenoxy) is 1. The van der Waals surface area contributed by atoms with Crippen molar-refractivity contribution >= 4 is 12.0 Å². The van der Waals surface area contributed by atoms with Gasteiger partial charge in [0.15, 0.2) is 0 Å². The van der Waals surface area contributed by atoms with E-state index in [2.05, 4.69) is 15.5 Å². The van der Waals surface area contributed by atoms with Gasteiger partial charge in [-0.15, -0.1) is 0 Å². The zero-order valence-corrected chi connectivity index (χ0v) is 14.0. The topological polar surface area (TPSA) is 87.3 Å². The minimum Gasteiger partial charge on any atom is -0.439 e. The van der Waals surface area contributed by atoms with Crippen LogP contribution in [0.4, 0.5) is 4.79 Å². The summed E-state index contributed by atoms with van der Waals surface area (Å²) in [7, 11) is 0. The van der Waals surface area contributed by atoms with Crippen LogP contribution in [0.3, 0.4) is 0 Å². The summed E-state index contributed by atoms with van der Waals surface area (Å²) in [6.45, 7) is 3.36. The summed E-state index contributed by atoms with van der Waals surface area (Å²) in [5, 5.41) is 9.97. The molecule has 2 aliphatic rings. The lowest BCUT2D eigenvalue weighted by Gasteiger charge is -2.38. The maximum absolute atomic E-state index is 13.2. The van der Waals surface area contributed by atoms with Crippen molar-refractivity contribution < 1.29 is 14.3 Å². The number of aryl methyl sites for hydroxylation is 1. The molecule has 0 saturated carbocycles. The first-order valence-electron chi connectivity index (χ1n) is 8.44. The third kappa shape index (κ3) is 2.75. The van der Waals surface area contributed by atoms with Crippen LogP contribution in [-0.4, -0.2) is 52.3 Å². The molecule has 2 aromatic rings. The fourth-order valence-corrected chi connectivity index (χ4v) is 3.65. The number of hydrogen-bond donors (Lipinski definition) is 2. The predicted molar refractivity (Wildman–Crippen MR) is 91.1 cm³/mol. The van der Waals surface area contributed by atoms with E-state index in [9.17, 15) is 9.59 Å². The Hall–Kier alpha value is -2.83. The molecule has 130 valence electrons. The van der Waals surface area contributed by atoms with Gasteiger partial charge in [0.25, 0.3) is 5.91 Å². The first-order chi connectivity index (χ1) is 12.1. The summed E-state index contributed by atoms with van der Waals surface area (Å²) in [4.78, 5) is 26.4. The Morgan fingerprint density at radius 1 is 1.32 bits per heavy atom. The smallest absolute Gasteiger partial charge is 0.407 e. The van der Waals surface area contributed by atoms with Crippen LogP contribution in [0.2, 0.25) is 0 Å². The molecule has 4 rings (SSSR count). The average Bonchev–Trinajstić information content (AvgIpc) is 3.18. The van der Waals surface area contributed by atoms with Crippen molar-refractivity contribution in [1.29, 1.82) is 0 Å². The van der Waals surface area contributed by atoms with Gasteiger partial charge in [0, 0.05) is 17.8 Å². The quantitative estimate of drug-likeness (QED) is 0.876.